The highest BCUT2D eigenvalue weighted by Gasteiger charge is 2.53. The number of hydrogen-bond acceptors (Lipinski definition) is 4. The molecule has 1 atom stereocenters. The Morgan fingerprint density at radius 3 is 1.69 bits per heavy atom. The Labute approximate surface area is 159 Å². The fourth-order valence-corrected chi connectivity index (χ4v) is 3.93. The van der Waals surface area contributed by atoms with E-state index in [2.05, 4.69) is 6.92 Å². The third-order valence-electron chi connectivity index (χ3n) is 5.67. The van der Waals surface area contributed by atoms with Gasteiger partial charge in [0.15, 0.2) is 5.78 Å². The lowest BCUT2D eigenvalue weighted by atomic mass is 9.88. The lowest BCUT2D eigenvalue weighted by Gasteiger charge is -2.28. The molecule has 0 radical (unpaired) electrons. The quantitative estimate of drug-likeness (QED) is 0.283. The van der Waals surface area contributed by atoms with Crippen LogP contribution >= 0.6 is 0 Å². The van der Waals surface area contributed by atoms with Crippen LogP contribution in [0.15, 0.2) is 0 Å². The molecule has 0 aromatic rings. The number of hydrogen-bond donors (Lipinski definition) is 2. The summed E-state index contributed by atoms with van der Waals surface area (Å²) in [5.74, 6) is -1.55. The summed E-state index contributed by atoms with van der Waals surface area (Å²) in [4.78, 5) is 23.8. The van der Waals surface area contributed by atoms with Crippen LogP contribution in [0.5, 0.6) is 0 Å². The number of carbonyl (C=O) groups is 2. The minimum absolute atomic E-state index is 0.218. The van der Waals surface area contributed by atoms with Gasteiger partial charge >= 0.3 is 5.97 Å². The van der Waals surface area contributed by atoms with E-state index in [-0.39, 0.29) is 25.2 Å². The average Bonchev–Trinajstić information content (AvgIpc) is 3.01. The molecule has 1 heterocycles. The molecule has 0 aromatic carbocycles. The summed E-state index contributed by atoms with van der Waals surface area (Å²) in [5.41, 5.74) is -1.68. The molecule has 0 aliphatic carbocycles. The van der Waals surface area contributed by atoms with Gasteiger partial charge < -0.3 is 10.3 Å². The zero-order valence-electron chi connectivity index (χ0n) is 16.7. The number of carboxylic acids is 1. The Balaban J connectivity index is 2.00. The standard InChI is InChI=1S/C21H39NO4/c1-2-3-4-5-6-7-8-9-10-11-12-13-14-16-19(23)21(20(24)25)17-15-18-22(21)26/h26H,2-18H2,1H3,(H,24,25). The second kappa shape index (κ2) is 13.3. The van der Waals surface area contributed by atoms with Crippen LogP contribution in [0.25, 0.3) is 0 Å². The molecule has 5 nitrogen and oxygen atoms in total. The number of Topliss-reactive ketones (excluding diaryl/α,β-unsaturated/α-hetero) is 1. The lowest BCUT2D eigenvalue weighted by Crippen LogP contribution is -2.55. The van der Waals surface area contributed by atoms with E-state index >= 15 is 0 Å². The average molecular weight is 370 g/mol. The molecule has 5 heteroatoms. The van der Waals surface area contributed by atoms with Crippen molar-refractivity contribution in [1.82, 2.24) is 5.06 Å². The highest BCUT2D eigenvalue weighted by Crippen LogP contribution is 2.30. The smallest absolute Gasteiger partial charge is 0.334 e. The molecule has 1 unspecified atom stereocenters. The van der Waals surface area contributed by atoms with Crippen LogP contribution in [0.2, 0.25) is 0 Å². The lowest BCUT2D eigenvalue weighted by molar-refractivity contribution is -0.187. The number of carbonyl (C=O) groups excluding carboxylic acids is 1. The van der Waals surface area contributed by atoms with Crippen LogP contribution < -0.4 is 0 Å². The molecule has 1 fully saturated rings. The van der Waals surface area contributed by atoms with Gasteiger partial charge in [0.05, 0.1) is 0 Å². The first kappa shape index (κ1) is 23.1. The number of hydroxylamine groups is 2. The summed E-state index contributed by atoms with van der Waals surface area (Å²) in [5, 5.41) is 19.9. The van der Waals surface area contributed by atoms with Crippen molar-refractivity contribution in [2.75, 3.05) is 6.54 Å². The highest BCUT2D eigenvalue weighted by atomic mass is 16.5. The summed E-state index contributed by atoms with van der Waals surface area (Å²) in [7, 11) is 0. The maximum absolute atomic E-state index is 12.3. The first-order chi connectivity index (χ1) is 12.6. The zero-order chi connectivity index (χ0) is 19.3. The number of rotatable bonds is 16. The van der Waals surface area contributed by atoms with Crippen molar-refractivity contribution in [3.63, 3.8) is 0 Å². The maximum atomic E-state index is 12.3. The molecule has 0 saturated carbocycles. The van der Waals surface area contributed by atoms with Crippen molar-refractivity contribution in [2.24, 2.45) is 0 Å². The topological polar surface area (TPSA) is 77.8 Å². The first-order valence-corrected chi connectivity index (χ1v) is 10.8. The molecule has 1 aliphatic heterocycles. The van der Waals surface area contributed by atoms with Gasteiger partial charge in [0.2, 0.25) is 5.54 Å². The summed E-state index contributed by atoms with van der Waals surface area (Å²) in [6, 6.07) is 0. The van der Waals surface area contributed by atoms with E-state index in [4.69, 9.17) is 0 Å². The highest BCUT2D eigenvalue weighted by molar-refractivity contribution is 6.07. The van der Waals surface area contributed by atoms with Gasteiger partial charge in [-0.3, -0.25) is 4.79 Å². The summed E-state index contributed by atoms with van der Waals surface area (Å²) < 4.78 is 0. The van der Waals surface area contributed by atoms with Crippen LogP contribution in [0.4, 0.5) is 0 Å². The molecule has 1 rings (SSSR count). The van der Waals surface area contributed by atoms with Gasteiger partial charge in [0.25, 0.3) is 0 Å². The number of unbranched alkanes of at least 4 members (excludes halogenated alkanes) is 12. The fraction of sp³-hybridized carbons (Fsp3) is 0.905. The van der Waals surface area contributed by atoms with E-state index in [9.17, 15) is 19.9 Å². The number of nitrogens with zero attached hydrogens (tertiary/aromatic N) is 1. The summed E-state index contributed by atoms with van der Waals surface area (Å²) in [6.45, 7) is 2.51. The van der Waals surface area contributed by atoms with Crippen molar-refractivity contribution in [1.29, 1.82) is 0 Å². The Morgan fingerprint density at radius 2 is 1.31 bits per heavy atom. The molecule has 152 valence electrons. The molecule has 0 bridgehead atoms. The number of aliphatic carboxylic acids is 1. The van der Waals surface area contributed by atoms with Gasteiger partial charge in [-0.1, -0.05) is 84.0 Å². The molecule has 2 N–H and O–H groups in total. The Bertz CT molecular complexity index is 413. The normalized spacial score (nSPS) is 20.5. The van der Waals surface area contributed by atoms with Gasteiger partial charge in [-0.2, -0.15) is 5.06 Å². The summed E-state index contributed by atoms with van der Waals surface area (Å²) in [6.07, 6.45) is 17.0. The van der Waals surface area contributed by atoms with Crippen LogP contribution in [0.1, 0.15) is 110 Å². The summed E-state index contributed by atoms with van der Waals surface area (Å²) >= 11 is 0. The molecule has 1 saturated heterocycles. The van der Waals surface area contributed by atoms with E-state index in [0.29, 0.717) is 6.42 Å². The van der Waals surface area contributed by atoms with Crippen LogP contribution in [0.3, 0.4) is 0 Å². The van der Waals surface area contributed by atoms with Crippen LogP contribution in [-0.4, -0.2) is 39.2 Å². The second-order valence-electron chi connectivity index (χ2n) is 7.81. The fourth-order valence-electron chi connectivity index (χ4n) is 3.93. The SMILES string of the molecule is CCCCCCCCCCCCCCCC(=O)C1(C(=O)O)CCCN1O. The minimum atomic E-state index is -1.68. The van der Waals surface area contributed by atoms with E-state index in [1.807, 2.05) is 0 Å². The first-order valence-electron chi connectivity index (χ1n) is 10.8. The van der Waals surface area contributed by atoms with Crippen molar-refractivity contribution >= 4 is 11.8 Å². The maximum Gasteiger partial charge on any atom is 0.334 e. The van der Waals surface area contributed by atoms with Gasteiger partial charge in [-0.15, -0.1) is 0 Å². The Hall–Kier alpha value is -0.940. The molecule has 0 aromatic heterocycles. The molecule has 0 spiro atoms. The van der Waals surface area contributed by atoms with Gasteiger partial charge in [-0.05, 0) is 19.3 Å². The van der Waals surface area contributed by atoms with E-state index < -0.39 is 11.5 Å². The molecule has 1 aliphatic rings. The van der Waals surface area contributed by atoms with Gasteiger partial charge in [0, 0.05) is 13.0 Å². The third-order valence-corrected chi connectivity index (χ3v) is 5.67. The van der Waals surface area contributed by atoms with Gasteiger partial charge in [-0.25, -0.2) is 4.79 Å². The van der Waals surface area contributed by atoms with E-state index in [1.165, 1.54) is 64.2 Å². The Kier molecular flexibility index (Phi) is 11.8. The molecule has 0 amide bonds. The zero-order valence-corrected chi connectivity index (χ0v) is 16.7. The Morgan fingerprint density at radius 1 is 0.846 bits per heavy atom. The number of carboxylic acid groups (broad SMARTS) is 1. The van der Waals surface area contributed by atoms with Crippen molar-refractivity contribution < 1.29 is 19.9 Å². The van der Waals surface area contributed by atoms with Crippen molar-refractivity contribution in [3.05, 3.63) is 0 Å². The van der Waals surface area contributed by atoms with E-state index in [0.717, 1.165) is 24.3 Å². The minimum Gasteiger partial charge on any atom is -0.479 e. The monoisotopic (exact) mass is 369 g/mol. The van der Waals surface area contributed by atoms with Crippen LogP contribution in [0, 0.1) is 0 Å². The van der Waals surface area contributed by atoms with E-state index in [1.54, 1.807) is 0 Å². The van der Waals surface area contributed by atoms with Crippen LogP contribution in [-0.2, 0) is 9.59 Å². The largest absolute Gasteiger partial charge is 0.479 e. The van der Waals surface area contributed by atoms with Gasteiger partial charge in [0.1, 0.15) is 0 Å². The molecule has 26 heavy (non-hydrogen) atoms. The molecular weight excluding hydrogens is 330 g/mol. The predicted octanol–water partition coefficient (Wildman–Crippen LogP) is 5.35. The molecular formula is C21H39NO4. The second-order valence-corrected chi connectivity index (χ2v) is 7.81. The third kappa shape index (κ3) is 7.36. The number of ketones is 1. The predicted molar refractivity (Wildman–Crippen MR) is 103 cm³/mol. The van der Waals surface area contributed by atoms with Crippen molar-refractivity contribution in [2.45, 2.75) is 115 Å². The van der Waals surface area contributed by atoms with Crippen molar-refractivity contribution in [3.8, 4) is 0 Å².